The SMILES string of the molecule is Cn1ccc(C(=O)Nc2cccc3c(=O)[nH]ccc23)cc1=O. The van der Waals surface area contributed by atoms with Crippen molar-refractivity contribution in [2.75, 3.05) is 5.32 Å². The first-order valence-electron chi connectivity index (χ1n) is 6.65. The number of aryl methyl sites for hydroxylation is 1. The van der Waals surface area contributed by atoms with Gasteiger partial charge in [-0.1, -0.05) is 6.07 Å². The first kappa shape index (κ1) is 13.8. The molecule has 3 aromatic rings. The Morgan fingerprint density at radius 1 is 1.14 bits per heavy atom. The average molecular weight is 295 g/mol. The molecule has 0 aliphatic carbocycles. The van der Waals surface area contributed by atoms with Crippen molar-refractivity contribution in [3.05, 3.63) is 75.1 Å². The molecule has 1 amide bonds. The van der Waals surface area contributed by atoms with E-state index in [4.69, 9.17) is 0 Å². The van der Waals surface area contributed by atoms with E-state index in [2.05, 4.69) is 10.3 Å². The highest BCUT2D eigenvalue weighted by atomic mass is 16.2. The van der Waals surface area contributed by atoms with Gasteiger partial charge in [-0.25, -0.2) is 0 Å². The summed E-state index contributed by atoms with van der Waals surface area (Å²) in [5, 5.41) is 3.87. The standard InChI is InChI=1S/C16H13N3O3/c1-19-8-6-10(9-14(19)20)15(21)18-13-4-2-3-12-11(13)5-7-17-16(12)22/h2-9H,1H3,(H,17,22)(H,18,21). The fraction of sp³-hybridized carbons (Fsp3) is 0.0625. The maximum Gasteiger partial charge on any atom is 0.255 e. The monoisotopic (exact) mass is 295 g/mol. The van der Waals surface area contributed by atoms with Crippen molar-refractivity contribution in [3.8, 4) is 0 Å². The number of hydrogen-bond donors (Lipinski definition) is 2. The van der Waals surface area contributed by atoms with Crippen LogP contribution in [0, 0.1) is 0 Å². The van der Waals surface area contributed by atoms with Crippen LogP contribution in [0.1, 0.15) is 10.4 Å². The highest BCUT2D eigenvalue weighted by Gasteiger charge is 2.10. The van der Waals surface area contributed by atoms with Crippen LogP contribution in [0.2, 0.25) is 0 Å². The van der Waals surface area contributed by atoms with Gasteiger partial charge in [0.25, 0.3) is 17.0 Å². The van der Waals surface area contributed by atoms with E-state index in [1.54, 1.807) is 37.4 Å². The van der Waals surface area contributed by atoms with Gasteiger partial charge < -0.3 is 14.9 Å². The predicted octanol–water partition coefficient (Wildman–Crippen LogP) is 1.48. The third kappa shape index (κ3) is 2.42. The summed E-state index contributed by atoms with van der Waals surface area (Å²) in [5.41, 5.74) is 0.309. The topological polar surface area (TPSA) is 84.0 Å². The molecule has 0 spiro atoms. The summed E-state index contributed by atoms with van der Waals surface area (Å²) in [6.45, 7) is 0. The molecular formula is C16H13N3O3. The second-order valence-electron chi connectivity index (χ2n) is 4.89. The highest BCUT2D eigenvalue weighted by molar-refractivity contribution is 6.08. The maximum atomic E-state index is 12.3. The van der Waals surface area contributed by atoms with Gasteiger partial charge in [0.2, 0.25) is 0 Å². The van der Waals surface area contributed by atoms with Gasteiger partial charge in [0.15, 0.2) is 0 Å². The van der Waals surface area contributed by atoms with Crippen molar-refractivity contribution < 1.29 is 4.79 Å². The molecule has 6 nitrogen and oxygen atoms in total. The van der Waals surface area contributed by atoms with Gasteiger partial charge in [-0.3, -0.25) is 14.4 Å². The Labute approximate surface area is 125 Å². The van der Waals surface area contributed by atoms with E-state index in [9.17, 15) is 14.4 Å². The van der Waals surface area contributed by atoms with Crippen LogP contribution < -0.4 is 16.4 Å². The number of aromatic amines is 1. The number of nitrogens with zero attached hydrogens (tertiary/aromatic N) is 1. The molecular weight excluding hydrogens is 282 g/mol. The molecule has 0 fully saturated rings. The van der Waals surface area contributed by atoms with Crippen molar-refractivity contribution in [1.82, 2.24) is 9.55 Å². The molecule has 2 aromatic heterocycles. The number of H-pyrrole nitrogens is 1. The number of pyridine rings is 2. The maximum absolute atomic E-state index is 12.3. The number of fused-ring (bicyclic) bond motifs is 1. The van der Waals surface area contributed by atoms with Gasteiger partial charge in [0.05, 0.1) is 0 Å². The number of carbonyl (C=O) groups is 1. The van der Waals surface area contributed by atoms with E-state index in [-0.39, 0.29) is 16.7 Å². The molecule has 2 N–H and O–H groups in total. The lowest BCUT2D eigenvalue weighted by Crippen LogP contribution is -2.20. The minimum Gasteiger partial charge on any atom is -0.329 e. The van der Waals surface area contributed by atoms with E-state index in [1.165, 1.54) is 23.0 Å². The Morgan fingerprint density at radius 3 is 2.73 bits per heavy atom. The lowest BCUT2D eigenvalue weighted by Gasteiger charge is -2.08. The van der Waals surface area contributed by atoms with Crippen LogP contribution in [-0.4, -0.2) is 15.5 Å². The van der Waals surface area contributed by atoms with Gasteiger partial charge in [-0.15, -0.1) is 0 Å². The number of aromatic nitrogens is 2. The van der Waals surface area contributed by atoms with Crippen LogP contribution >= 0.6 is 0 Å². The first-order valence-corrected chi connectivity index (χ1v) is 6.65. The third-order valence-electron chi connectivity index (χ3n) is 3.43. The lowest BCUT2D eigenvalue weighted by atomic mass is 10.1. The number of nitrogens with one attached hydrogen (secondary N) is 2. The number of rotatable bonds is 2. The molecule has 1 aromatic carbocycles. The molecule has 0 saturated carbocycles. The smallest absolute Gasteiger partial charge is 0.255 e. The number of anilines is 1. The fourth-order valence-electron chi connectivity index (χ4n) is 2.21. The predicted molar refractivity (Wildman–Crippen MR) is 84.2 cm³/mol. The third-order valence-corrected chi connectivity index (χ3v) is 3.43. The quantitative estimate of drug-likeness (QED) is 0.751. The summed E-state index contributed by atoms with van der Waals surface area (Å²) in [6.07, 6.45) is 3.06. The van der Waals surface area contributed by atoms with Gasteiger partial charge in [0.1, 0.15) is 0 Å². The van der Waals surface area contributed by atoms with Crippen LogP contribution in [0.15, 0.2) is 58.4 Å². The number of benzene rings is 1. The zero-order chi connectivity index (χ0) is 15.7. The molecule has 0 aliphatic heterocycles. The first-order chi connectivity index (χ1) is 10.6. The Bertz CT molecular complexity index is 986. The van der Waals surface area contributed by atoms with Gasteiger partial charge in [-0.05, 0) is 24.3 Å². The Morgan fingerprint density at radius 2 is 1.95 bits per heavy atom. The Kier molecular flexibility index (Phi) is 3.34. The number of hydrogen-bond acceptors (Lipinski definition) is 3. The van der Waals surface area contributed by atoms with Crippen LogP contribution in [-0.2, 0) is 7.05 Å². The van der Waals surface area contributed by atoms with Crippen LogP contribution in [0.5, 0.6) is 0 Å². The normalized spacial score (nSPS) is 10.6. The summed E-state index contributed by atoms with van der Waals surface area (Å²) >= 11 is 0. The fourth-order valence-corrected chi connectivity index (χ4v) is 2.21. The van der Waals surface area contributed by atoms with Gasteiger partial charge >= 0.3 is 0 Å². The number of amides is 1. The van der Waals surface area contributed by atoms with E-state index < -0.39 is 5.91 Å². The molecule has 0 bridgehead atoms. The molecule has 0 atom stereocenters. The summed E-state index contributed by atoms with van der Waals surface area (Å²) in [5.74, 6) is -0.398. The van der Waals surface area contributed by atoms with Crippen molar-refractivity contribution in [2.24, 2.45) is 7.05 Å². The molecule has 6 heteroatoms. The van der Waals surface area contributed by atoms with E-state index in [1.807, 2.05) is 0 Å². The van der Waals surface area contributed by atoms with Crippen molar-refractivity contribution in [1.29, 1.82) is 0 Å². The van der Waals surface area contributed by atoms with Crippen molar-refractivity contribution in [2.45, 2.75) is 0 Å². The van der Waals surface area contributed by atoms with Crippen LogP contribution in [0.25, 0.3) is 10.8 Å². The molecule has 110 valence electrons. The van der Waals surface area contributed by atoms with Crippen LogP contribution in [0.3, 0.4) is 0 Å². The molecule has 0 radical (unpaired) electrons. The summed E-state index contributed by atoms with van der Waals surface area (Å²) in [4.78, 5) is 38.2. The number of carbonyl (C=O) groups excluding carboxylic acids is 1. The molecule has 2 heterocycles. The average Bonchev–Trinajstić information content (AvgIpc) is 2.51. The van der Waals surface area contributed by atoms with Gasteiger partial charge in [-0.2, -0.15) is 0 Å². The zero-order valence-electron chi connectivity index (χ0n) is 11.8. The summed E-state index contributed by atoms with van der Waals surface area (Å²) in [6, 6.07) is 9.64. The van der Waals surface area contributed by atoms with Crippen molar-refractivity contribution >= 4 is 22.4 Å². The Hall–Kier alpha value is -3.15. The van der Waals surface area contributed by atoms with E-state index in [0.29, 0.717) is 16.5 Å². The van der Waals surface area contributed by atoms with E-state index in [0.717, 1.165) is 0 Å². The summed E-state index contributed by atoms with van der Waals surface area (Å²) < 4.78 is 1.38. The molecule has 0 unspecified atom stereocenters. The second kappa shape index (κ2) is 5.33. The summed E-state index contributed by atoms with van der Waals surface area (Å²) in [7, 11) is 1.61. The second-order valence-corrected chi connectivity index (χ2v) is 4.89. The van der Waals surface area contributed by atoms with E-state index >= 15 is 0 Å². The van der Waals surface area contributed by atoms with Gasteiger partial charge in [0, 0.05) is 47.5 Å². The zero-order valence-corrected chi connectivity index (χ0v) is 11.8. The minimum absolute atomic E-state index is 0.220. The minimum atomic E-state index is -0.398. The molecule has 3 rings (SSSR count). The Balaban J connectivity index is 2.01. The van der Waals surface area contributed by atoms with Crippen molar-refractivity contribution in [3.63, 3.8) is 0 Å². The molecule has 0 saturated heterocycles. The largest absolute Gasteiger partial charge is 0.329 e. The highest BCUT2D eigenvalue weighted by Crippen LogP contribution is 2.20. The molecule has 22 heavy (non-hydrogen) atoms. The van der Waals surface area contributed by atoms with Crippen LogP contribution in [0.4, 0.5) is 5.69 Å². The molecule has 0 aliphatic rings. The lowest BCUT2D eigenvalue weighted by molar-refractivity contribution is 0.102.